The lowest BCUT2D eigenvalue weighted by Crippen LogP contribution is -2.38. The fourth-order valence-corrected chi connectivity index (χ4v) is 5.77. The highest BCUT2D eigenvalue weighted by atomic mass is 19.3. The lowest BCUT2D eigenvalue weighted by Gasteiger charge is -2.29. The number of anilines is 1. The van der Waals surface area contributed by atoms with Gasteiger partial charge in [-0.2, -0.15) is 8.78 Å². The minimum Gasteiger partial charge on any atom is -0.480 e. The first-order chi connectivity index (χ1) is 19.1. The van der Waals surface area contributed by atoms with Crippen molar-refractivity contribution < 1.29 is 27.8 Å². The molecule has 0 spiro atoms. The van der Waals surface area contributed by atoms with E-state index < -0.39 is 30.2 Å². The van der Waals surface area contributed by atoms with Crippen LogP contribution in [0.5, 0.6) is 5.75 Å². The number of halogens is 3. The number of hydrogen-bond donors (Lipinski definition) is 2. The number of benzene rings is 1. The van der Waals surface area contributed by atoms with Gasteiger partial charge in [-0.05, 0) is 87.4 Å². The molecule has 1 fully saturated rings. The van der Waals surface area contributed by atoms with E-state index in [1.807, 2.05) is 20.9 Å². The van der Waals surface area contributed by atoms with E-state index in [1.54, 1.807) is 4.90 Å². The number of alkyl halides is 2. The van der Waals surface area contributed by atoms with Gasteiger partial charge in [0.15, 0.2) is 11.6 Å². The second kappa shape index (κ2) is 13.7. The van der Waals surface area contributed by atoms with Gasteiger partial charge in [0.25, 0.3) is 0 Å². The number of likely N-dealkylation sites (N-methyl/N-ethyl adjacent to an activating group) is 1. The summed E-state index contributed by atoms with van der Waals surface area (Å²) in [5, 5.41) is 13.5. The van der Waals surface area contributed by atoms with Gasteiger partial charge in [0.2, 0.25) is 0 Å². The summed E-state index contributed by atoms with van der Waals surface area (Å²) in [6.45, 7) is 3.17. The third kappa shape index (κ3) is 7.46. The van der Waals surface area contributed by atoms with Crippen LogP contribution >= 0.6 is 0 Å². The number of carboxylic acid groups (broad SMARTS) is 1. The van der Waals surface area contributed by atoms with Crippen molar-refractivity contribution in [2.45, 2.75) is 83.4 Å². The number of pyridine rings is 1. The smallest absolute Gasteiger partial charge is 0.387 e. The van der Waals surface area contributed by atoms with Crippen molar-refractivity contribution in [2.24, 2.45) is 0 Å². The number of carbonyl (C=O) groups is 1. The molecule has 2 N–H and O–H groups in total. The van der Waals surface area contributed by atoms with Crippen molar-refractivity contribution in [2.75, 3.05) is 38.5 Å². The quantitative estimate of drug-likeness (QED) is 0.297. The van der Waals surface area contributed by atoms with E-state index in [2.05, 4.69) is 27.1 Å². The van der Waals surface area contributed by atoms with Crippen LogP contribution in [0.15, 0.2) is 24.3 Å². The predicted octanol–water partition coefficient (Wildman–Crippen LogP) is 5.85. The molecule has 0 aliphatic carbocycles. The molecule has 40 heavy (non-hydrogen) atoms. The van der Waals surface area contributed by atoms with Gasteiger partial charge in [-0.15, -0.1) is 0 Å². The molecule has 1 saturated heterocycles. The number of hydrogen-bond acceptors (Lipinski definition) is 6. The Kier molecular flexibility index (Phi) is 10.3. The van der Waals surface area contributed by atoms with E-state index in [9.17, 15) is 23.1 Å². The molecule has 0 saturated carbocycles. The number of unbranched alkanes of at least 4 members (excludes halogenated alkanes) is 2. The first-order valence-electron chi connectivity index (χ1n) is 14.3. The van der Waals surface area contributed by atoms with Crippen LogP contribution in [0.3, 0.4) is 0 Å². The largest absolute Gasteiger partial charge is 0.480 e. The molecule has 0 radical (unpaired) electrons. The van der Waals surface area contributed by atoms with E-state index >= 15 is 0 Å². The van der Waals surface area contributed by atoms with Crippen LogP contribution < -0.4 is 10.1 Å². The molecule has 0 bridgehead atoms. The third-order valence-corrected chi connectivity index (χ3v) is 8.08. The van der Waals surface area contributed by atoms with Crippen molar-refractivity contribution >= 4 is 11.8 Å². The summed E-state index contributed by atoms with van der Waals surface area (Å²) in [5.41, 5.74) is 2.88. The number of aromatic nitrogens is 1. The number of fused-ring (bicyclic) bond motifs is 1. The normalized spacial score (nSPS) is 18.3. The number of carboxylic acids is 1. The maximum atomic E-state index is 14.8. The van der Waals surface area contributed by atoms with E-state index in [0.717, 1.165) is 75.6 Å². The van der Waals surface area contributed by atoms with E-state index in [4.69, 9.17) is 4.98 Å². The van der Waals surface area contributed by atoms with Crippen LogP contribution in [-0.2, 0) is 17.6 Å². The standard InChI is InChI=1S/C30H41F3N4O3/c1-19(2)21-16-24(27(25(31)17-21)40-30(32)33)26(29(38)39)37-15-12-23(18-37)36(3)14-6-4-5-9-22-11-10-20-8-7-13-34-28(20)35-22/h10-11,16-17,19,23,26,30H,4-9,12-15,18H2,1-3H3,(H,34,35)(H,38,39)/t23-,26-/m1/s1. The Morgan fingerprint density at radius 3 is 2.77 bits per heavy atom. The molecule has 1 aromatic carbocycles. The van der Waals surface area contributed by atoms with Crippen LogP contribution in [0.4, 0.5) is 19.0 Å². The SMILES string of the molecule is CC(C)c1cc(F)c(OC(F)F)c([C@H](C(=O)O)N2CC[C@@H](N(C)CCCCCc3ccc4c(n3)NCCC4)C2)c1. The van der Waals surface area contributed by atoms with Crippen LogP contribution in [-0.4, -0.2) is 71.7 Å². The molecule has 1 aromatic heterocycles. The second-order valence-corrected chi connectivity index (χ2v) is 11.3. The first-order valence-corrected chi connectivity index (χ1v) is 14.3. The zero-order valence-corrected chi connectivity index (χ0v) is 23.6. The highest BCUT2D eigenvalue weighted by Crippen LogP contribution is 2.38. The fourth-order valence-electron chi connectivity index (χ4n) is 5.77. The number of nitrogens with one attached hydrogen (secondary N) is 1. The van der Waals surface area contributed by atoms with Gasteiger partial charge in [-0.3, -0.25) is 9.69 Å². The molecule has 2 atom stereocenters. The van der Waals surface area contributed by atoms with Crippen LogP contribution in [0.1, 0.15) is 80.3 Å². The molecular formula is C30H41F3N4O3. The minimum absolute atomic E-state index is 0.0641. The first kappa shape index (κ1) is 30.1. The molecule has 7 nitrogen and oxygen atoms in total. The van der Waals surface area contributed by atoms with Gasteiger partial charge in [-0.25, -0.2) is 9.37 Å². The maximum absolute atomic E-state index is 14.8. The lowest BCUT2D eigenvalue weighted by atomic mass is 9.95. The minimum atomic E-state index is -3.26. The molecule has 2 aliphatic heterocycles. The molecule has 220 valence electrons. The molecule has 3 heterocycles. The molecule has 4 rings (SSSR count). The Labute approximate surface area is 234 Å². The summed E-state index contributed by atoms with van der Waals surface area (Å²) in [4.78, 5) is 21.1. The number of aryl methyl sites for hydroxylation is 2. The van der Waals surface area contributed by atoms with Crippen molar-refractivity contribution in [3.05, 3.63) is 52.5 Å². The Hall–Kier alpha value is -2.85. The zero-order valence-electron chi connectivity index (χ0n) is 23.6. The predicted molar refractivity (Wildman–Crippen MR) is 149 cm³/mol. The summed E-state index contributed by atoms with van der Waals surface area (Å²) in [5.74, 6) is -1.95. The Morgan fingerprint density at radius 1 is 1.25 bits per heavy atom. The Balaban J connectivity index is 1.32. The van der Waals surface area contributed by atoms with Gasteiger partial charge in [0.05, 0.1) is 0 Å². The lowest BCUT2D eigenvalue weighted by molar-refractivity contribution is -0.143. The van der Waals surface area contributed by atoms with Crippen molar-refractivity contribution in [3.63, 3.8) is 0 Å². The highest BCUT2D eigenvalue weighted by molar-refractivity contribution is 5.77. The number of rotatable bonds is 13. The number of ether oxygens (including phenoxy) is 1. The monoisotopic (exact) mass is 562 g/mol. The van der Waals surface area contributed by atoms with E-state index in [-0.39, 0.29) is 17.5 Å². The van der Waals surface area contributed by atoms with E-state index in [1.165, 1.54) is 11.6 Å². The van der Waals surface area contributed by atoms with Gasteiger partial charge in [-0.1, -0.05) is 26.3 Å². The second-order valence-electron chi connectivity index (χ2n) is 11.3. The fraction of sp³-hybridized carbons (Fsp3) is 0.600. The highest BCUT2D eigenvalue weighted by Gasteiger charge is 2.38. The summed E-state index contributed by atoms with van der Waals surface area (Å²) in [6, 6.07) is 5.79. The van der Waals surface area contributed by atoms with Gasteiger partial charge in [0.1, 0.15) is 11.9 Å². The summed E-state index contributed by atoms with van der Waals surface area (Å²) >= 11 is 0. The van der Waals surface area contributed by atoms with Gasteiger partial charge in [0, 0.05) is 36.9 Å². The van der Waals surface area contributed by atoms with Crippen molar-refractivity contribution in [1.29, 1.82) is 0 Å². The molecule has 0 amide bonds. The molecule has 2 aromatic rings. The topological polar surface area (TPSA) is 77.9 Å². The third-order valence-electron chi connectivity index (χ3n) is 8.08. The zero-order chi connectivity index (χ0) is 28.8. The average molecular weight is 563 g/mol. The number of nitrogens with zero attached hydrogens (tertiary/aromatic N) is 3. The maximum Gasteiger partial charge on any atom is 0.387 e. The van der Waals surface area contributed by atoms with E-state index in [0.29, 0.717) is 18.7 Å². The summed E-state index contributed by atoms with van der Waals surface area (Å²) in [7, 11) is 2.03. The number of aliphatic carboxylic acids is 1. The van der Waals surface area contributed by atoms with Gasteiger partial charge < -0.3 is 20.1 Å². The van der Waals surface area contributed by atoms with Crippen molar-refractivity contribution in [1.82, 2.24) is 14.8 Å². The Bertz CT molecular complexity index is 1160. The number of likely N-dealkylation sites (tertiary alicyclic amines) is 1. The molecule has 2 aliphatic rings. The molecule has 10 heteroatoms. The molecular weight excluding hydrogens is 521 g/mol. The summed E-state index contributed by atoms with van der Waals surface area (Å²) < 4.78 is 45.6. The van der Waals surface area contributed by atoms with Crippen LogP contribution in [0, 0.1) is 5.82 Å². The summed E-state index contributed by atoms with van der Waals surface area (Å²) in [6.07, 6.45) is 7.01. The Morgan fingerprint density at radius 2 is 2.05 bits per heavy atom. The van der Waals surface area contributed by atoms with Gasteiger partial charge >= 0.3 is 12.6 Å². The average Bonchev–Trinajstić information content (AvgIpc) is 3.39. The van der Waals surface area contributed by atoms with Crippen LogP contribution in [0.25, 0.3) is 0 Å². The van der Waals surface area contributed by atoms with Crippen LogP contribution in [0.2, 0.25) is 0 Å². The molecule has 0 unspecified atom stereocenters. The van der Waals surface area contributed by atoms with Crippen molar-refractivity contribution in [3.8, 4) is 5.75 Å².